The Morgan fingerprint density at radius 1 is 1.00 bits per heavy atom. The van der Waals surface area contributed by atoms with E-state index in [4.69, 9.17) is 0 Å². The highest BCUT2D eigenvalue weighted by molar-refractivity contribution is 7.11. The number of amides is 1. The predicted molar refractivity (Wildman–Crippen MR) is 108 cm³/mol. The van der Waals surface area contributed by atoms with Gasteiger partial charge in [0.25, 0.3) is 5.91 Å². The van der Waals surface area contributed by atoms with E-state index >= 15 is 0 Å². The van der Waals surface area contributed by atoms with Crippen molar-refractivity contribution >= 4 is 17.2 Å². The summed E-state index contributed by atoms with van der Waals surface area (Å²) in [6.07, 6.45) is 0.843. The number of nitrogens with zero attached hydrogens (tertiary/aromatic N) is 2. The molecule has 0 spiro atoms. The van der Waals surface area contributed by atoms with Crippen LogP contribution in [0.15, 0.2) is 54.6 Å². The molecular formula is C22H24N2OS. The standard InChI is InChI=1S/C22H24N2OS/c1-16-9-12-21(18(3)23-16)22(25)24(15-20-11-10-17(2)26-20)14-13-19-7-5-4-6-8-19/h4-12H,13-15H2,1-3H3. The van der Waals surface area contributed by atoms with Gasteiger partial charge in [0.1, 0.15) is 0 Å². The maximum atomic E-state index is 13.2. The molecule has 0 unspecified atom stereocenters. The van der Waals surface area contributed by atoms with Gasteiger partial charge < -0.3 is 4.90 Å². The molecule has 0 saturated heterocycles. The van der Waals surface area contributed by atoms with Crippen LogP contribution in [0.5, 0.6) is 0 Å². The van der Waals surface area contributed by atoms with Crippen molar-refractivity contribution in [2.45, 2.75) is 33.7 Å². The maximum Gasteiger partial charge on any atom is 0.256 e. The van der Waals surface area contributed by atoms with Crippen LogP contribution in [0.4, 0.5) is 0 Å². The van der Waals surface area contributed by atoms with Crippen molar-refractivity contribution in [3.8, 4) is 0 Å². The molecule has 2 heterocycles. The van der Waals surface area contributed by atoms with Crippen molar-refractivity contribution in [2.24, 2.45) is 0 Å². The van der Waals surface area contributed by atoms with E-state index in [1.807, 2.05) is 49.1 Å². The van der Waals surface area contributed by atoms with Gasteiger partial charge in [-0.3, -0.25) is 9.78 Å². The molecule has 0 radical (unpaired) electrons. The lowest BCUT2D eigenvalue weighted by molar-refractivity contribution is 0.0745. The minimum Gasteiger partial charge on any atom is -0.333 e. The lowest BCUT2D eigenvalue weighted by Gasteiger charge is -2.23. The zero-order valence-corrected chi connectivity index (χ0v) is 16.3. The molecule has 0 aliphatic heterocycles. The molecule has 3 rings (SSSR count). The van der Waals surface area contributed by atoms with Gasteiger partial charge in [-0.05, 0) is 57.0 Å². The van der Waals surface area contributed by atoms with E-state index in [0.29, 0.717) is 18.7 Å². The summed E-state index contributed by atoms with van der Waals surface area (Å²) in [5.74, 6) is 0.0528. The van der Waals surface area contributed by atoms with E-state index in [1.54, 1.807) is 11.3 Å². The predicted octanol–water partition coefficient (Wildman–Crippen LogP) is 4.95. The lowest BCUT2D eigenvalue weighted by atomic mass is 10.1. The summed E-state index contributed by atoms with van der Waals surface area (Å²) in [6.45, 7) is 7.27. The Labute approximate surface area is 159 Å². The van der Waals surface area contributed by atoms with Crippen molar-refractivity contribution < 1.29 is 4.79 Å². The van der Waals surface area contributed by atoms with Crippen LogP contribution >= 0.6 is 11.3 Å². The molecule has 3 nitrogen and oxygen atoms in total. The smallest absolute Gasteiger partial charge is 0.256 e. The summed E-state index contributed by atoms with van der Waals surface area (Å²) in [5.41, 5.74) is 3.66. The number of carbonyl (C=O) groups excluding carboxylic acids is 1. The van der Waals surface area contributed by atoms with Gasteiger partial charge in [-0.25, -0.2) is 0 Å². The van der Waals surface area contributed by atoms with Gasteiger partial charge >= 0.3 is 0 Å². The molecule has 0 saturated carbocycles. The van der Waals surface area contributed by atoms with Crippen LogP contribution < -0.4 is 0 Å². The largest absolute Gasteiger partial charge is 0.333 e. The van der Waals surface area contributed by atoms with E-state index in [2.05, 4.69) is 36.2 Å². The van der Waals surface area contributed by atoms with Gasteiger partial charge in [0.2, 0.25) is 0 Å². The Morgan fingerprint density at radius 2 is 1.77 bits per heavy atom. The molecular weight excluding hydrogens is 340 g/mol. The van der Waals surface area contributed by atoms with Gasteiger partial charge in [0.15, 0.2) is 0 Å². The number of carbonyl (C=O) groups is 1. The molecule has 0 bridgehead atoms. The van der Waals surface area contributed by atoms with Crippen LogP contribution in [0.2, 0.25) is 0 Å². The Bertz CT molecular complexity index is 886. The fourth-order valence-corrected chi connectivity index (χ4v) is 3.91. The number of aromatic nitrogens is 1. The van der Waals surface area contributed by atoms with Crippen LogP contribution in [0, 0.1) is 20.8 Å². The van der Waals surface area contributed by atoms with E-state index in [9.17, 15) is 4.79 Å². The van der Waals surface area contributed by atoms with Crippen LogP contribution in [0.1, 0.15) is 37.1 Å². The minimum atomic E-state index is 0.0528. The van der Waals surface area contributed by atoms with E-state index in [1.165, 1.54) is 15.3 Å². The molecule has 4 heteroatoms. The van der Waals surface area contributed by atoms with Crippen LogP contribution in [-0.4, -0.2) is 22.3 Å². The second-order valence-corrected chi connectivity index (χ2v) is 7.93. The Balaban J connectivity index is 1.82. The van der Waals surface area contributed by atoms with Gasteiger partial charge in [-0.2, -0.15) is 0 Å². The van der Waals surface area contributed by atoms with Crippen molar-refractivity contribution in [1.82, 2.24) is 9.88 Å². The zero-order chi connectivity index (χ0) is 18.5. The number of pyridine rings is 1. The highest BCUT2D eigenvalue weighted by Crippen LogP contribution is 2.20. The molecule has 0 aliphatic carbocycles. The number of thiophene rings is 1. The Morgan fingerprint density at radius 3 is 2.42 bits per heavy atom. The first kappa shape index (κ1) is 18.3. The first-order valence-electron chi connectivity index (χ1n) is 8.85. The summed E-state index contributed by atoms with van der Waals surface area (Å²) in [5, 5.41) is 0. The highest BCUT2D eigenvalue weighted by atomic mass is 32.1. The number of hydrogen-bond acceptors (Lipinski definition) is 3. The third-order valence-corrected chi connectivity index (χ3v) is 5.38. The molecule has 1 amide bonds. The van der Waals surface area contributed by atoms with Gasteiger partial charge in [0.05, 0.1) is 17.8 Å². The summed E-state index contributed by atoms with van der Waals surface area (Å²) in [7, 11) is 0. The van der Waals surface area contributed by atoms with Crippen molar-refractivity contribution in [1.29, 1.82) is 0 Å². The molecule has 3 aromatic rings. The van der Waals surface area contributed by atoms with E-state index in [-0.39, 0.29) is 5.91 Å². The molecule has 0 aliphatic rings. The van der Waals surface area contributed by atoms with E-state index < -0.39 is 0 Å². The van der Waals surface area contributed by atoms with Gasteiger partial charge in [0, 0.05) is 22.0 Å². The molecule has 26 heavy (non-hydrogen) atoms. The minimum absolute atomic E-state index is 0.0528. The molecule has 134 valence electrons. The first-order chi connectivity index (χ1) is 12.5. The lowest BCUT2D eigenvalue weighted by Crippen LogP contribution is -2.33. The maximum absolute atomic E-state index is 13.2. The average Bonchev–Trinajstić information content (AvgIpc) is 3.04. The number of rotatable bonds is 6. The SMILES string of the molecule is Cc1ccc(C(=O)N(CCc2ccccc2)Cc2ccc(C)s2)c(C)n1. The summed E-state index contributed by atoms with van der Waals surface area (Å²) < 4.78 is 0. The third-order valence-electron chi connectivity index (χ3n) is 4.40. The fraction of sp³-hybridized carbons (Fsp3) is 0.273. The van der Waals surface area contributed by atoms with Crippen LogP contribution in [0.25, 0.3) is 0 Å². The first-order valence-corrected chi connectivity index (χ1v) is 9.67. The zero-order valence-electron chi connectivity index (χ0n) is 15.5. The van der Waals surface area contributed by atoms with Crippen molar-refractivity contribution in [2.75, 3.05) is 6.54 Å². The molecule has 0 atom stereocenters. The van der Waals surface area contributed by atoms with Crippen LogP contribution in [0.3, 0.4) is 0 Å². The second kappa shape index (κ2) is 8.28. The summed E-state index contributed by atoms with van der Waals surface area (Å²) >= 11 is 1.75. The van der Waals surface area contributed by atoms with Crippen molar-refractivity contribution in [3.63, 3.8) is 0 Å². The number of aryl methyl sites for hydroxylation is 3. The topological polar surface area (TPSA) is 33.2 Å². The molecule has 1 aromatic carbocycles. The summed E-state index contributed by atoms with van der Waals surface area (Å²) in [6, 6.07) is 18.3. The number of hydrogen-bond donors (Lipinski definition) is 0. The highest BCUT2D eigenvalue weighted by Gasteiger charge is 2.19. The fourth-order valence-electron chi connectivity index (χ4n) is 3.00. The monoisotopic (exact) mass is 364 g/mol. The number of benzene rings is 1. The molecule has 0 fully saturated rings. The summed E-state index contributed by atoms with van der Waals surface area (Å²) in [4.78, 5) is 22.1. The molecule has 0 N–H and O–H groups in total. The third kappa shape index (κ3) is 4.58. The Kier molecular flexibility index (Phi) is 5.84. The van der Waals surface area contributed by atoms with Crippen LogP contribution in [-0.2, 0) is 13.0 Å². The van der Waals surface area contributed by atoms with Gasteiger partial charge in [-0.15, -0.1) is 11.3 Å². The second-order valence-electron chi connectivity index (χ2n) is 6.56. The quantitative estimate of drug-likeness (QED) is 0.620. The van der Waals surface area contributed by atoms with E-state index in [0.717, 1.165) is 17.8 Å². The Hall–Kier alpha value is -2.46. The van der Waals surface area contributed by atoms with Gasteiger partial charge in [-0.1, -0.05) is 30.3 Å². The molecule has 2 aromatic heterocycles. The normalized spacial score (nSPS) is 10.7. The average molecular weight is 365 g/mol. The van der Waals surface area contributed by atoms with Crippen molar-refractivity contribution in [3.05, 3.63) is 86.9 Å².